The van der Waals surface area contributed by atoms with Crippen LogP contribution in [0.5, 0.6) is 0 Å². The highest BCUT2D eigenvalue weighted by molar-refractivity contribution is 5.94. The molecule has 0 aliphatic carbocycles. The van der Waals surface area contributed by atoms with E-state index in [1.807, 2.05) is 0 Å². The largest absolute Gasteiger partial charge is 0.416 e. The van der Waals surface area contributed by atoms with Crippen LogP contribution in [0.25, 0.3) is 0 Å². The predicted molar refractivity (Wildman–Crippen MR) is 89.3 cm³/mol. The van der Waals surface area contributed by atoms with Gasteiger partial charge in [-0.3, -0.25) is 9.59 Å². The van der Waals surface area contributed by atoms with Gasteiger partial charge in [0.1, 0.15) is 0 Å². The molecule has 2 aromatic carbocycles. The summed E-state index contributed by atoms with van der Waals surface area (Å²) in [4.78, 5) is 22.8. The molecule has 0 bridgehead atoms. The van der Waals surface area contributed by atoms with Gasteiger partial charge in [-0.15, -0.1) is 0 Å². The fourth-order valence-corrected chi connectivity index (χ4v) is 2.00. The maximum absolute atomic E-state index is 12.5. The van der Waals surface area contributed by atoms with Crippen molar-refractivity contribution in [2.45, 2.75) is 13.1 Å². The molecule has 0 unspecified atom stereocenters. The van der Waals surface area contributed by atoms with Gasteiger partial charge in [0, 0.05) is 24.0 Å². The van der Waals surface area contributed by atoms with Gasteiger partial charge in [-0.05, 0) is 48.5 Å². The summed E-state index contributed by atoms with van der Waals surface area (Å²) in [5.41, 5.74) is 0.799. The molecule has 0 aromatic heterocycles. The van der Waals surface area contributed by atoms with E-state index in [2.05, 4.69) is 16.0 Å². The normalized spacial score (nSPS) is 10.9. The highest BCUT2D eigenvalue weighted by Crippen LogP contribution is 2.29. The Kier molecular flexibility index (Phi) is 5.63. The van der Waals surface area contributed by atoms with Crippen molar-refractivity contribution in [2.75, 3.05) is 22.5 Å². The number of hydrogen-bond donors (Lipinski definition) is 3. The monoisotopic (exact) mass is 351 g/mol. The summed E-state index contributed by atoms with van der Waals surface area (Å²) in [6.45, 7) is 1.29. The standard InChI is InChI=1S/C17H16F3N3O2/c1-11(24)22-14-6-8-15(9-7-14)23-16(25)10-21-13-4-2-12(3-5-13)17(18,19)20/h2-9,21H,10H2,1H3,(H,22,24)(H,23,25). The minimum atomic E-state index is -4.39. The molecule has 0 fully saturated rings. The number of carbonyl (C=O) groups excluding carboxylic acids is 2. The molecule has 8 heteroatoms. The molecule has 3 N–H and O–H groups in total. The van der Waals surface area contributed by atoms with Crippen LogP contribution in [0.2, 0.25) is 0 Å². The Morgan fingerprint density at radius 3 is 1.80 bits per heavy atom. The van der Waals surface area contributed by atoms with Gasteiger partial charge in [0.05, 0.1) is 12.1 Å². The van der Waals surface area contributed by atoms with Gasteiger partial charge in [0.25, 0.3) is 0 Å². The molecule has 0 radical (unpaired) electrons. The Labute approximate surface area is 142 Å². The Balaban J connectivity index is 1.85. The lowest BCUT2D eigenvalue weighted by atomic mass is 10.2. The van der Waals surface area contributed by atoms with E-state index in [1.165, 1.54) is 19.1 Å². The van der Waals surface area contributed by atoms with Crippen molar-refractivity contribution in [3.63, 3.8) is 0 Å². The van der Waals surface area contributed by atoms with E-state index < -0.39 is 11.7 Å². The van der Waals surface area contributed by atoms with Gasteiger partial charge in [0.2, 0.25) is 11.8 Å². The van der Waals surface area contributed by atoms with Crippen molar-refractivity contribution >= 4 is 28.9 Å². The van der Waals surface area contributed by atoms with E-state index in [0.29, 0.717) is 17.1 Å². The summed E-state index contributed by atoms with van der Waals surface area (Å²) in [7, 11) is 0. The lowest BCUT2D eigenvalue weighted by molar-refractivity contribution is -0.137. The molecule has 2 amide bonds. The predicted octanol–water partition coefficient (Wildman–Crippen LogP) is 3.71. The Morgan fingerprint density at radius 1 is 0.840 bits per heavy atom. The first-order valence-corrected chi connectivity index (χ1v) is 7.33. The van der Waals surface area contributed by atoms with Crippen LogP contribution in [0.15, 0.2) is 48.5 Å². The number of amides is 2. The van der Waals surface area contributed by atoms with Gasteiger partial charge >= 0.3 is 6.18 Å². The third kappa shape index (κ3) is 5.83. The molecule has 5 nitrogen and oxygen atoms in total. The zero-order chi connectivity index (χ0) is 18.4. The van der Waals surface area contributed by atoms with E-state index in [9.17, 15) is 22.8 Å². The van der Waals surface area contributed by atoms with E-state index in [0.717, 1.165) is 12.1 Å². The average Bonchev–Trinajstić information content (AvgIpc) is 2.54. The van der Waals surface area contributed by atoms with Crippen molar-refractivity contribution < 1.29 is 22.8 Å². The topological polar surface area (TPSA) is 70.2 Å². The second kappa shape index (κ2) is 7.69. The molecule has 0 aliphatic heterocycles. The Bertz CT molecular complexity index is 741. The second-order valence-electron chi connectivity index (χ2n) is 5.24. The minimum Gasteiger partial charge on any atom is -0.376 e. The average molecular weight is 351 g/mol. The van der Waals surface area contributed by atoms with Crippen molar-refractivity contribution in [3.05, 3.63) is 54.1 Å². The molecular formula is C17H16F3N3O2. The lowest BCUT2D eigenvalue weighted by Crippen LogP contribution is -2.21. The number of rotatable bonds is 5. The van der Waals surface area contributed by atoms with Gasteiger partial charge < -0.3 is 16.0 Å². The third-order valence-electron chi connectivity index (χ3n) is 3.15. The number of alkyl halides is 3. The first-order chi connectivity index (χ1) is 11.7. The molecule has 0 saturated heterocycles. The van der Waals surface area contributed by atoms with Crippen LogP contribution in [0.4, 0.5) is 30.2 Å². The van der Waals surface area contributed by atoms with Gasteiger partial charge in [-0.2, -0.15) is 13.2 Å². The van der Waals surface area contributed by atoms with E-state index in [-0.39, 0.29) is 18.4 Å². The van der Waals surface area contributed by atoms with Crippen LogP contribution in [-0.4, -0.2) is 18.4 Å². The van der Waals surface area contributed by atoms with Crippen LogP contribution in [0.3, 0.4) is 0 Å². The molecule has 0 spiro atoms. The zero-order valence-electron chi connectivity index (χ0n) is 13.3. The zero-order valence-corrected chi connectivity index (χ0v) is 13.3. The maximum Gasteiger partial charge on any atom is 0.416 e. The maximum atomic E-state index is 12.5. The fourth-order valence-electron chi connectivity index (χ4n) is 2.00. The number of nitrogens with one attached hydrogen (secondary N) is 3. The van der Waals surface area contributed by atoms with Gasteiger partial charge in [-0.25, -0.2) is 0 Å². The molecule has 25 heavy (non-hydrogen) atoms. The number of carbonyl (C=O) groups is 2. The van der Waals surface area contributed by atoms with Crippen LogP contribution >= 0.6 is 0 Å². The highest BCUT2D eigenvalue weighted by atomic mass is 19.4. The first kappa shape index (κ1) is 18.3. The van der Waals surface area contributed by atoms with Crippen LogP contribution < -0.4 is 16.0 Å². The molecule has 0 heterocycles. The summed E-state index contributed by atoms with van der Waals surface area (Å²) < 4.78 is 37.4. The smallest absolute Gasteiger partial charge is 0.376 e. The molecule has 2 aromatic rings. The number of anilines is 3. The molecular weight excluding hydrogens is 335 g/mol. The number of hydrogen-bond acceptors (Lipinski definition) is 3. The first-order valence-electron chi connectivity index (χ1n) is 7.33. The van der Waals surface area contributed by atoms with E-state index in [4.69, 9.17) is 0 Å². The van der Waals surface area contributed by atoms with E-state index in [1.54, 1.807) is 24.3 Å². The molecule has 0 aliphatic rings. The third-order valence-corrected chi connectivity index (χ3v) is 3.15. The van der Waals surface area contributed by atoms with Crippen LogP contribution in [0.1, 0.15) is 12.5 Å². The highest BCUT2D eigenvalue weighted by Gasteiger charge is 2.29. The second-order valence-corrected chi connectivity index (χ2v) is 5.24. The van der Waals surface area contributed by atoms with Crippen molar-refractivity contribution in [1.82, 2.24) is 0 Å². The van der Waals surface area contributed by atoms with Crippen molar-refractivity contribution in [2.24, 2.45) is 0 Å². The van der Waals surface area contributed by atoms with Crippen LogP contribution in [-0.2, 0) is 15.8 Å². The summed E-state index contributed by atoms with van der Waals surface area (Å²) in [6.07, 6.45) is -4.39. The number of halogens is 3. The number of benzene rings is 2. The Hall–Kier alpha value is -3.03. The lowest BCUT2D eigenvalue weighted by Gasteiger charge is -2.10. The summed E-state index contributed by atoms with van der Waals surface area (Å²) >= 11 is 0. The van der Waals surface area contributed by atoms with Crippen LogP contribution in [0, 0.1) is 0 Å². The summed E-state index contributed by atoms with van der Waals surface area (Å²) in [6, 6.07) is 10.9. The fraction of sp³-hybridized carbons (Fsp3) is 0.176. The van der Waals surface area contributed by atoms with Gasteiger partial charge in [0.15, 0.2) is 0 Å². The van der Waals surface area contributed by atoms with E-state index >= 15 is 0 Å². The molecule has 132 valence electrons. The Morgan fingerprint density at radius 2 is 1.32 bits per heavy atom. The van der Waals surface area contributed by atoms with Gasteiger partial charge in [-0.1, -0.05) is 0 Å². The molecule has 0 saturated carbocycles. The van der Waals surface area contributed by atoms with Crippen molar-refractivity contribution in [3.8, 4) is 0 Å². The van der Waals surface area contributed by atoms with Crippen molar-refractivity contribution in [1.29, 1.82) is 0 Å². The molecule has 0 atom stereocenters. The SMILES string of the molecule is CC(=O)Nc1ccc(NC(=O)CNc2ccc(C(F)(F)F)cc2)cc1. The summed E-state index contributed by atoms with van der Waals surface area (Å²) in [5.74, 6) is -0.551. The summed E-state index contributed by atoms with van der Waals surface area (Å²) in [5, 5.41) is 7.98. The molecule has 2 rings (SSSR count). The minimum absolute atomic E-state index is 0.0984. The quantitative estimate of drug-likeness (QED) is 0.769.